The minimum atomic E-state index is -4.33. The van der Waals surface area contributed by atoms with Crippen molar-refractivity contribution in [1.82, 2.24) is 0 Å². The monoisotopic (exact) mass is 467 g/mol. The number of halogens is 2. The summed E-state index contributed by atoms with van der Waals surface area (Å²) in [5.41, 5.74) is -2.04. The molecule has 0 bridgehead atoms. The van der Waals surface area contributed by atoms with E-state index < -0.39 is 25.3 Å². The minimum Gasteiger partial charge on any atom is -0.240 e. The van der Waals surface area contributed by atoms with Crippen LogP contribution in [-0.2, 0) is 19.8 Å². The Labute approximate surface area is 166 Å². The fraction of sp³-hybridized carbons (Fsp3) is 0.0526. The molecule has 27 heavy (non-hydrogen) atoms. The maximum absolute atomic E-state index is 15.4. The summed E-state index contributed by atoms with van der Waals surface area (Å²) in [6.45, 7) is 0. The molecule has 0 aromatic heterocycles. The predicted molar refractivity (Wildman–Crippen MR) is 107 cm³/mol. The Hall–Kier alpha value is -2.03. The molecule has 0 aliphatic heterocycles. The maximum Gasteiger partial charge on any atom is 0.290 e. The molecule has 0 fully saturated rings. The molecule has 0 aliphatic rings. The molecule has 0 heterocycles. The van der Waals surface area contributed by atoms with E-state index >= 15 is 4.39 Å². The Kier molecular flexibility index (Phi) is 5.78. The van der Waals surface area contributed by atoms with E-state index in [4.69, 9.17) is 0 Å². The molecular formula is C19H15BrFNO3S2. The van der Waals surface area contributed by atoms with Crippen LogP contribution in [0.15, 0.2) is 103 Å². The van der Waals surface area contributed by atoms with Gasteiger partial charge in [-0.2, -0.15) is 8.42 Å². The first-order chi connectivity index (χ1) is 12.8. The Morgan fingerprint density at radius 2 is 1.22 bits per heavy atom. The van der Waals surface area contributed by atoms with Crippen molar-refractivity contribution in [3.8, 4) is 0 Å². The van der Waals surface area contributed by atoms with Crippen molar-refractivity contribution in [2.24, 2.45) is 3.77 Å². The third-order valence-electron chi connectivity index (χ3n) is 3.74. The third kappa shape index (κ3) is 4.28. The summed E-state index contributed by atoms with van der Waals surface area (Å²) in [6, 6.07) is 21.1. The van der Waals surface area contributed by atoms with Crippen LogP contribution >= 0.6 is 15.9 Å². The molecule has 8 heteroatoms. The summed E-state index contributed by atoms with van der Waals surface area (Å²) in [4.78, 5) is -0.128. The van der Waals surface area contributed by atoms with Gasteiger partial charge in [-0.15, -0.1) is 0 Å². The highest BCUT2D eigenvalue weighted by atomic mass is 79.9. The third-order valence-corrected chi connectivity index (χ3v) is 8.59. The van der Waals surface area contributed by atoms with Gasteiger partial charge in [-0.1, -0.05) is 68.2 Å². The fourth-order valence-corrected chi connectivity index (χ4v) is 6.63. The van der Waals surface area contributed by atoms with E-state index in [-0.39, 0.29) is 15.4 Å². The molecule has 0 radical (unpaired) electrons. The van der Waals surface area contributed by atoms with E-state index in [2.05, 4.69) is 19.7 Å². The number of alkyl halides is 1. The Balaban J connectivity index is 2.23. The van der Waals surface area contributed by atoms with Gasteiger partial charge >= 0.3 is 0 Å². The lowest BCUT2D eigenvalue weighted by atomic mass is 10.2. The lowest BCUT2D eigenvalue weighted by Crippen LogP contribution is -2.13. The fourth-order valence-electron chi connectivity index (χ4n) is 2.40. The molecule has 0 spiro atoms. The number of hydrogen-bond donors (Lipinski definition) is 0. The van der Waals surface area contributed by atoms with Gasteiger partial charge in [0.1, 0.15) is 9.73 Å². The Morgan fingerprint density at radius 1 is 0.741 bits per heavy atom. The zero-order chi connectivity index (χ0) is 19.5. The first-order valence-corrected chi connectivity index (χ1v) is 11.7. The largest absolute Gasteiger partial charge is 0.290 e. The van der Waals surface area contributed by atoms with Gasteiger partial charge < -0.3 is 0 Å². The second-order valence-corrected chi connectivity index (χ2v) is 10.6. The quantitative estimate of drug-likeness (QED) is 0.508. The van der Waals surface area contributed by atoms with Crippen LogP contribution in [0.5, 0.6) is 0 Å². The molecule has 0 amide bonds. The van der Waals surface area contributed by atoms with Crippen molar-refractivity contribution >= 4 is 35.7 Å². The van der Waals surface area contributed by atoms with Crippen LogP contribution < -0.4 is 0 Å². The second-order valence-electron chi connectivity index (χ2n) is 5.61. The van der Waals surface area contributed by atoms with Gasteiger partial charge in [-0.25, -0.2) is 8.60 Å². The molecule has 2 atom stereocenters. The van der Waals surface area contributed by atoms with E-state index in [1.807, 2.05) is 0 Å². The molecule has 0 saturated carbocycles. The van der Waals surface area contributed by atoms with Gasteiger partial charge in [0, 0.05) is 10.0 Å². The molecular weight excluding hydrogens is 453 g/mol. The smallest absolute Gasteiger partial charge is 0.240 e. The summed E-state index contributed by atoms with van der Waals surface area (Å²) in [5, 5.41) is 0. The summed E-state index contributed by atoms with van der Waals surface area (Å²) in [6.07, 6.45) is 0. The molecule has 3 rings (SSSR count). The van der Waals surface area contributed by atoms with Crippen LogP contribution in [0.3, 0.4) is 0 Å². The van der Waals surface area contributed by atoms with Crippen molar-refractivity contribution in [2.45, 2.75) is 15.3 Å². The number of hydrogen-bond acceptors (Lipinski definition) is 3. The van der Waals surface area contributed by atoms with Crippen LogP contribution in [0.4, 0.5) is 4.39 Å². The molecule has 0 unspecified atom stereocenters. The van der Waals surface area contributed by atoms with Crippen LogP contribution in [0.1, 0.15) is 11.1 Å². The molecule has 0 N–H and O–H groups in total. The summed E-state index contributed by atoms with van der Waals surface area (Å²) in [5.74, 6) is 0. The average molecular weight is 468 g/mol. The predicted octanol–water partition coefficient (Wildman–Crippen LogP) is 5.33. The zero-order valence-corrected chi connectivity index (χ0v) is 17.1. The minimum absolute atomic E-state index is 0.0138. The molecule has 0 saturated heterocycles. The van der Waals surface area contributed by atoms with E-state index in [9.17, 15) is 12.6 Å². The SMILES string of the molecule is O=S(=O)(N=[S@](=O)(c1ccccc1)[C@@H](F)c1ccc(Br)cc1)c1ccccc1. The lowest BCUT2D eigenvalue weighted by Gasteiger charge is -2.16. The van der Waals surface area contributed by atoms with E-state index in [0.29, 0.717) is 0 Å². The summed E-state index contributed by atoms with van der Waals surface area (Å²) >= 11 is 3.26. The van der Waals surface area contributed by atoms with Gasteiger partial charge in [-0.3, -0.25) is 0 Å². The number of benzene rings is 3. The first kappa shape index (κ1) is 19.7. The van der Waals surface area contributed by atoms with Crippen LogP contribution in [0.25, 0.3) is 0 Å². The highest BCUT2D eigenvalue weighted by Crippen LogP contribution is 2.34. The molecule has 0 aliphatic carbocycles. The number of nitrogens with zero attached hydrogens (tertiary/aromatic N) is 1. The Morgan fingerprint density at radius 3 is 1.74 bits per heavy atom. The van der Waals surface area contributed by atoms with Crippen molar-refractivity contribution < 1.29 is 17.0 Å². The van der Waals surface area contributed by atoms with E-state index in [1.165, 1.54) is 48.5 Å². The van der Waals surface area contributed by atoms with Gasteiger partial charge in [0.25, 0.3) is 10.0 Å². The van der Waals surface area contributed by atoms with Crippen LogP contribution in [-0.4, -0.2) is 12.6 Å². The Bertz CT molecular complexity index is 1140. The number of sulfonamides is 1. The van der Waals surface area contributed by atoms with Crippen LogP contribution in [0, 0.1) is 0 Å². The standard InChI is InChI=1S/C19H15BrFNO3S2/c20-16-13-11-15(12-14-16)19(21)26(23,17-7-3-1-4-8-17)22-27(24,25)18-9-5-2-6-10-18/h1-14,19H/t19-,26+/m1/s1. The van der Waals surface area contributed by atoms with Crippen molar-refractivity contribution in [3.05, 3.63) is 95.0 Å². The van der Waals surface area contributed by atoms with Gasteiger partial charge in [0.05, 0.1) is 9.79 Å². The van der Waals surface area contributed by atoms with Crippen molar-refractivity contribution in [2.75, 3.05) is 0 Å². The second kappa shape index (κ2) is 7.92. The molecule has 3 aromatic rings. The van der Waals surface area contributed by atoms with Crippen molar-refractivity contribution in [3.63, 3.8) is 0 Å². The van der Waals surface area contributed by atoms with E-state index in [0.717, 1.165) is 4.47 Å². The normalized spacial score (nSPS) is 14.9. The lowest BCUT2D eigenvalue weighted by molar-refractivity contribution is 0.450. The summed E-state index contributed by atoms with van der Waals surface area (Å²) < 4.78 is 58.7. The maximum atomic E-state index is 15.4. The van der Waals surface area contributed by atoms with Crippen LogP contribution in [0.2, 0.25) is 0 Å². The van der Waals surface area contributed by atoms with Gasteiger partial charge in [0.2, 0.25) is 5.50 Å². The van der Waals surface area contributed by atoms with Crippen molar-refractivity contribution in [1.29, 1.82) is 0 Å². The molecule has 3 aromatic carbocycles. The first-order valence-electron chi connectivity index (χ1n) is 7.85. The molecule has 4 nitrogen and oxygen atoms in total. The van der Waals surface area contributed by atoms with Gasteiger partial charge in [-0.05, 0) is 36.4 Å². The highest BCUT2D eigenvalue weighted by Gasteiger charge is 2.30. The average Bonchev–Trinajstić information content (AvgIpc) is 2.69. The molecule has 140 valence electrons. The summed E-state index contributed by atoms with van der Waals surface area (Å²) in [7, 11) is -8.29. The topological polar surface area (TPSA) is 63.6 Å². The van der Waals surface area contributed by atoms with E-state index in [1.54, 1.807) is 36.4 Å². The highest BCUT2D eigenvalue weighted by molar-refractivity contribution is 9.10. The zero-order valence-electron chi connectivity index (χ0n) is 13.9. The number of rotatable bonds is 5. The van der Waals surface area contributed by atoms with Gasteiger partial charge in [0.15, 0.2) is 0 Å².